The fraction of sp³-hybridized carbons (Fsp3) is 0.667. The molecule has 1 aliphatic carbocycles. The third kappa shape index (κ3) is 3.07. The van der Waals surface area contributed by atoms with Gasteiger partial charge in [0.05, 0.1) is 0 Å². The molecule has 0 amide bonds. The Morgan fingerprint density at radius 1 is 1.15 bits per heavy atom. The van der Waals surface area contributed by atoms with E-state index < -0.39 is 0 Å². The van der Waals surface area contributed by atoms with Gasteiger partial charge in [0.2, 0.25) is 0 Å². The molecule has 1 aliphatic heterocycles. The molecule has 1 unspecified atom stereocenters. The molecule has 0 saturated carbocycles. The summed E-state index contributed by atoms with van der Waals surface area (Å²) in [6.07, 6.45) is 6.67. The monoisotopic (exact) mass is 272 g/mol. The second-order valence-electron chi connectivity index (χ2n) is 6.36. The van der Waals surface area contributed by atoms with E-state index in [1.54, 1.807) is 11.1 Å². The van der Waals surface area contributed by atoms with Crippen molar-refractivity contribution in [1.82, 2.24) is 10.2 Å². The minimum Gasteiger partial charge on any atom is -0.317 e. The molecule has 2 aliphatic rings. The lowest BCUT2D eigenvalue weighted by Crippen LogP contribution is -2.44. The Bertz CT molecular complexity index is 423. The van der Waals surface area contributed by atoms with Crippen LogP contribution in [0.2, 0.25) is 0 Å². The van der Waals surface area contributed by atoms with Crippen molar-refractivity contribution in [2.24, 2.45) is 0 Å². The molecule has 0 radical (unpaired) electrons. The molecule has 1 heterocycles. The normalized spacial score (nSPS) is 23.8. The van der Waals surface area contributed by atoms with Crippen LogP contribution in [0.15, 0.2) is 24.3 Å². The third-order valence-electron chi connectivity index (χ3n) is 5.18. The average Bonchev–Trinajstić information content (AvgIpc) is 2.53. The molecule has 3 rings (SSSR count). The van der Waals surface area contributed by atoms with Gasteiger partial charge >= 0.3 is 0 Å². The van der Waals surface area contributed by atoms with E-state index in [0.29, 0.717) is 0 Å². The maximum atomic E-state index is 3.49. The van der Waals surface area contributed by atoms with Gasteiger partial charge in [-0.25, -0.2) is 0 Å². The maximum absolute atomic E-state index is 3.49. The van der Waals surface area contributed by atoms with Crippen molar-refractivity contribution in [3.05, 3.63) is 35.4 Å². The number of nitrogens with zero attached hydrogens (tertiary/aromatic N) is 1. The van der Waals surface area contributed by atoms with E-state index in [4.69, 9.17) is 0 Å². The summed E-state index contributed by atoms with van der Waals surface area (Å²) in [5, 5.41) is 3.49. The Kier molecular flexibility index (Phi) is 4.74. The first-order valence-electron chi connectivity index (χ1n) is 8.41. The fourth-order valence-corrected chi connectivity index (χ4v) is 4.04. The molecular weight excluding hydrogens is 244 g/mol. The highest BCUT2D eigenvalue weighted by atomic mass is 15.2. The second-order valence-corrected chi connectivity index (χ2v) is 6.36. The number of nitrogens with one attached hydrogen (secondary N) is 1. The summed E-state index contributed by atoms with van der Waals surface area (Å²) in [6.45, 7) is 7.18. The molecule has 0 aromatic heterocycles. The lowest BCUT2D eigenvalue weighted by molar-refractivity contribution is 0.156. The molecule has 1 N–H and O–H groups in total. The van der Waals surface area contributed by atoms with E-state index >= 15 is 0 Å². The lowest BCUT2D eigenvalue weighted by atomic mass is 9.82. The highest BCUT2D eigenvalue weighted by Crippen LogP contribution is 2.32. The first-order chi connectivity index (χ1) is 9.88. The highest BCUT2D eigenvalue weighted by Gasteiger charge is 2.26. The number of aryl methyl sites for hydroxylation is 1. The van der Waals surface area contributed by atoms with Gasteiger partial charge in [-0.3, -0.25) is 4.90 Å². The summed E-state index contributed by atoms with van der Waals surface area (Å²) in [6, 6.07) is 9.93. The first kappa shape index (κ1) is 14.1. The van der Waals surface area contributed by atoms with Crippen LogP contribution in [0.4, 0.5) is 0 Å². The van der Waals surface area contributed by atoms with Gasteiger partial charge in [0, 0.05) is 12.6 Å². The number of piperidine rings is 1. The van der Waals surface area contributed by atoms with Gasteiger partial charge < -0.3 is 5.32 Å². The zero-order chi connectivity index (χ0) is 13.8. The Labute approximate surface area is 123 Å². The molecular formula is C18H28N2. The van der Waals surface area contributed by atoms with Gasteiger partial charge in [-0.2, -0.15) is 0 Å². The summed E-state index contributed by atoms with van der Waals surface area (Å²) in [4.78, 5) is 2.74. The number of hydrogen-bond acceptors (Lipinski definition) is 2. The smallest absolute Gasteiger partial charge is 0.0119 e. The summed E-state index contributed by atoms with van der Waals surface area (Å²) in [5.74, 6) is 0.759. The fourth-order valence-electron chi connectivity index (χ4n) is 4.04. The Balaban J connectivity index is 1.70. The quantitative estimate of drug-likeness (QED) is 0.905. The molecule has 2 nitrogen and oxygen atoms in total. The average molecular weight is 272 g/mol. The summed E-state index contributed by atoms with van der Waals surface area (Å²) >= 11 is 0. The van der Waals surface area contributed by atoms with Crippen molar-refractivity contribution in [2.75, 3.05) is 26.2 Å². The van der Waals surface area contributed by atoms with Crippen molar-refractivity contribution in [2.45, 2.75) is 51.0 Å². The van der Waals surface area contributed by atoms with E-state index in [-0.39, 0.29) is 0 Å². The van der Waals surface area contributed by atoms with Crippen LogP contribution in [0.3, 0.4) is 0 Å². The van der Waals surface area contributed by atoms with Gasteiger partial charge in [-0.05, 0) is 68.8 Å². The standard InChI is InChI=1S/C18H28N2/c1-2-20(17-10-12-19-13-11-17)14-16-8-5-7-15-6-3-4-9-18(15)16/h3-4,6,9,16-17,19H,2,5,7-8,10-14H2,1H3. The van der Waals surface area contributed by atoms with Gasteiger partial charge in [-0.1, -0.05) is 31.2 Å². The predicted molar refractivity (Wildman–Crippen MR) is 85.3 cm³/mol. The predicted octanol–water partition coefficient (Wildman–Crippen LogP) is 3.18. The van der Waals surface area contributed by atoms with Crippen molar-refractivity contribution in [1.29, 1.82) is 0 Å². The van der Waals surface area contributed by atoms with Crippen LogP contribution in [-0.2, 0) is 6.42 Å². The van der Waals surface area contributed by atoms with Crippen molar-refractivity contribution in [3.63, 3.8) is 0 Å². The van der Waals surface area contributed by atoms with E-state index in [2.05, 4.69) is 41.4 Å². The molecule has 1 atom stereocenters. The largest absolute Gasteiger partial charge is 0.317 e. The zero-order valence-corrected chi connectivity index (χ0v) is 12.8. The Morgan fingerprint density at radius 3 is 2.75 bits per heavy atom. The van der Waals surface area contributed by atoms with Crippen LogP contribution < -0.4 is 5.32 Å². The van der Waals surface area contributed by atoms with E-state index in [9.17, 15) is 0 Å². The Hall–Kier alpha value is -0.860. The Morgan fingerprint density at radius 2 is 1.95 bits per heavy atom. The number of rotatable bonds is 4. The van der Waals surface area contributed by atoms with Crippen LogP contribution in [0, 0.1) is 0 Å². The van der Waals surface area contributed by atoms with Gasteiger partial charge in [0.1, 0.15) is 0 Å². The zero-order valence-electron chi connectivity index (χ0n) is 12.8. The van der Waals surface area contributed by atoms with Crippen LogP contribution in [0.1, 0.15) is 49.7 Å². The molecule has 2 heteroatoms. The van der Waals surface area contributed by atoms with Crippen LogP contribution >= 0.6 is 0 Å². The summed E-state index contributed by atoms with van der Waals surface area (Å²) in [5.41, 5.74) is 3.23. The first-order valence-corrected chi connectivity index (χ1v) is 8.41. The molecule has 0 spiro atoms. The topological polar surface area (TPSA) is 15.3 Å². The molecule has 1 fully saturated rings. The molecule has 110 valence electrons. The van der Waals surface area contributed by atoms with Crippen LogP contribution in [-0.4, -0.2) is 37.1 Å². The van der Waals surface area contributed by atoms with E-state index in [1.807, 2.05) is 0 Å². The molecule has 20 heavy (non-hydrogen) atoms. The number of hydrogen-bond donors (Lipinski definition) is 1. The van der Waals surface area contributed by atoms with Crippen molar-refractivity contribution >= 4 is 0 Å². The van der Waals surface area contributed by atoms with Crippen molar-refractivity contribution in [3.8, 4) is 0 Å². The number of benzene rings is 1. The van der Waals surface area contributed by atoms with Crippen molar-refractivity contribution < 1.29 is 0 Å². The molecule has 1 saturated heterocycles. The van der Waals surface area contributed by atoms with Crippen LogP contribution in [0.25, 0.3) is 0 Å². The van der Waals surface area contributed by atoms with Gasteiger partial charge in [0.15, 0.2) is 0 Å². The number of likely N-dealkylation sites (N-methyl/N-ethyl adjacent to an activating group) is 1. The molecule has 1 aromatic carbocycles. The third-order valence-corrected chi connectivity index (χ3v) is 5.18. The van der Waals surface area contributed by atoms with Crippen LogP contribution in [0.5, 0.6) is 0 Å². The SMILES string of the molecule is CCN(CC1CCCc2ccccc21)C1CCNCC1. The summed E-state index contributed by atoms with van der Waals surface area (Å²) in [7, 11) is 0. The van der Waals surface area contributed by atoms with E-state index in [1.165, 1.54) is 58.3 Å². The highest BCUT2D eigenvalue weighted by molar-refractivity contribution is 5.32. The number of fused-ring (bicyclic) bond motifs is 1. The molecule has 1 aromatic rings. The lowest BCUT2D eigenvalue weighted by Gasteiger charge is -2.37. The minimum atomic E-state index is 0.759. The minimum absolute atomic E-state index is 0.759. The second kappa shape index (κ2) is 6.73. The van der Waals surface area contributed by atoms with E-state index in [0.717, 1.165) is 12.0 Å². The summed E-state index contributed by atoms with van der Waals surface area (Å²) < 4.78 is 0. The maximum Gasteiger partial charge on any atom is 0.0119 e. The van der Waals surface area contributed by atoms with Gasteiger partial charge in [0.25, 0.3) is 0 Å². The molecule has 0 bridgehead atoms. The van der Waals surface area contributed by atoms with Gasteiger partial charge in [-0.15, -0.1) is 0 Å².